The molecule has 0 aliphatic heterocycles. The van der Waals surface area contributed by atoms with E-state index < -0.39 is 0 Å². The average molecular weight is 344 g/mol. The molecule has 1 heterocycles. The number of hydrogen-bond acceptors (Lipinski definition) is 6. The minimum absolute atomic E-state index is 0.627. The highest BCUT2D eigenvalue weighted by atomic mass is 79.9. The van der Waals surface area contributed by atoms with Gasteiger partial charge in [-0.15, -0.1) is 0 Å². The fourth-order valence-electron chi connectivity index (χ4n) is 1.46. The topological polar surface area (TPSA) is 56.3 Å². The van der Waals surface area contributed by atoms with Crippen molar-refractivity contribution >= 4 is 38.3 Å². The average Bonchev–Trinajstić information content (AvgIpc) is 2.86. The van der Waals surface area contributed by atoms with Crippen LogP contribution in [0, 0.1) is 0 Å². The zero-order valence-electron chi connectivity index (χ0n) is 10.6. The molecule has 0 fully saturated rings. The van der Waals surface area contributed by atoms with E-state index in [1.165, 1.54) is 11.5 Å². The van der Waals surface area contributed by atoms with Crippen molar-refractivity contribution in [3.63, 3.8) is 0 Å². The summed E-state index contributed by atoms with van der Waals surface area (Å²) in [4.78, 5) is 4.38. The van der Waals surface area contributed by atoms with Crippen molar-refractivity contribution in [2.75, 3.05) is 26.1 Å². The SMILES string of the molecule is COCCc1nsc(Nc2ccc(Br)c(OC)c2)n1. The van der Waals surface area contributed by atoms with Gasteiger partial charge in [0.05, 0.1) is 18.2 Å². The standard InChI is InChI=1S/C12H14BrN3O2S/c1-17-6-5-11-15-12(19-16-11)14-8-3-4-9(13)10(7-8)18-2/h3-4,7H,5-6H2,1-2H3,(H,14,15,16). The van der Waals surface area contributed by atoms with Crippen molar-refractivity contribution in [3.8, 4) is 5.75 Å². The van der Waals surface area contributed by atoms with Gasteiger partial charge in [-0.1, -0.05) is 0 Å². The van der Waals surface area contributed by atoms with E-state index in [0.717, 1.165) is 33.3 Å². The second-order valence-corrected chi connectivity index (χ2v) is 5.34. The number of ether oxygens (including phenoxy) is 2. The van der Waals surface area contributed by atoms with Crippen molar-refractivity contribution in [3.05, 3.63) is 28.5 Å². The van der Waals surface area contributed by atoms with Crippen LogP contribution < -0.4 is 10.1 Å². The summed E-state index contributed by atoms with van der Waals surface area (Å²) in [7, 11) is 3.30. The van der Waals surface area contributed by atoms with E-state index in [1.807, 2.05) is 18.2 Å². The maximum Gasteiger partial charge on any atom is 0.207 e. The van der Waals surface area contributed by atoms with Gasteiger partial charge in [-0.25, -0.2) is 4.98 Å². The van der Waals surface area contributed by atoms with E-state index in [9.17, 15) is 0 Å². The Morgan fingerprint density at radius 1 is 1.37 bits per heavy atom. The molecule has 0 spiro atoms. The third-order valence-corrected chi connectivity index (χ3v) is 3.72. The maximum absolute atomic E-state index is 5.25. The smallest absolute Gasteiger partial charge is 0.207 e. The lowest BCUT2D eigenvalue weighted by Gasteiger charge is -2.06. The molecule has 102 valence electrons. The van der Waals surface area contributed by atoms with E-state index in [2.05, 4.69) is 30.6 Å². The van der Waals surface area contributed by atoms with E-state index in [0.29, 0.717) is 6.61 Å². The van der Waals surface area contributed by atoms with Crippen LogP contribution in [0.2, 0.25) is 0 Å². The Kier molecular flexibility index (Phi) is 5.12. The first kappa shape index (κ1) is 14.2. The molecule has 2 aromatic rings. The van der Waals surface area contributed by atoms with Gasteiger partial charge < -0.3 is 14.8 Å². The van der Waals surface area contributed by atoms with E-state index in [1.54, 1.807) is 14.2 Å². The molecule has 0 radical (unpaired) electrons. The normalized spacial score (nSPS) is 10.5. The minimum Gasteiger partial charge on any atom is -0.495 e. The molecule has 0 aliphatic rings. The number of nitrogens with one attached hydrogen (secondary N) is 1. The quantitative estimate of drug-likeness (QED) is 0.872. The van der Waals surface area contributed by atoms with E-state index >= 15 is 0 Å². The van der Waals surface area contributed by atoms with Gasteiger partial charge in [0.15, 0.2) is 0 Å². The van der Waals surface area contributed by atoms with Gasteiger partial charge in [-0.3, -0.25) is 0 Å². The molecule has 0 unspecified atom stereocenters. The Balaban J connectivity index is 2.06. The minimum atomic E-state index is 0.627. The molecule has 0 saturated heterocycles. The molecule has 5 nitrogen and oxygen atoms in total. The number of rotatable bonds is 6. The lowest BCUT2D eigenvalue weighted by atomic mass is 10.3. The predicted molar refractivity (Wildman–Crippen MR) is 79.5 cm³/mol. The third-order valence-electron chi connectivity index (χ3n) is 2.40. The number of aromatic nitrogens is 2. The molecule has 1 N–H and O–H groups in total. The van der Waals surface area contributed by atoms with Crippen molar-refractivity contribution in [1.82, 2.24) is 9.36 Å². The zero-order valence-corrected chi connectivity index (χ0v) is 13.0. The summed E-state index contributed by atoms with van der Waals surface area (Å²) < 4.78 is 15.4. The first-order valence-corrected chi connectivity index (χ1v) is 7.21. The highest BCUT2D eigenvalue weighted by molar-refractivity contribution is 9.10. The van der Waals surface area contributed by atoms with Crippen LogP contribution in [0.5, 0.6) is 5.75 Å². The Bertz CT molecular complexity index is 548. The van der Waals surface area contributed by atoms with Crippen LogP contribution in [0.25, 0.3) is 0 Å². The third kappa shape index (κ3) is 3.89. The summed E-state index contributed by atoms with van der Waals surface area (Å²) in [5.41, 5.74) is 0.912. The number of nitrogens with zero attached hydrogens (tertiary/aromatic N) is 2. The lowest BCUT2D eigenvalue weighted by Crippen LogP contribution is -1.97. The van der Waals surface area contributed by atoms with Crippen LogP contribution in [-0.2, 0) is 11.2 Å². The fourth-order valence-corrected chi connectivity index (χ4v) is 2.50. The van der Waals surface area contributed by atoms with Crippen LogP contribution >= 0.6 is 27.5 Å². The Labute approximate surface area is 124 Å². The van der Waals surface area contributed by atoms with Gasteiger partial charge in [0, 0.05) is 36.8 Å². The van der Waals surface area contributed by atoms with Gasteiger partial charge in [0.2, 0.25) is 5.13 Å². The molecule has 0 amide bonds. The summed E-state index contributed by atoms with van der Waals surface area (Å²) in [6.07, 6.45) is 0.721. The Hall–Kier alpha value is -1.18. The maximum atomic E-state index is 5.25. The lowest BCUT2D eigenvalue weighted by molar-refractivity contribution is 0.201. The second kappa shape index (κ2) is 6.83. The predicted octanol–water partition coefficient (Wildman–Crippen LogP) is 3.24. The fraction of sp³-hybridized carbons (Fsp3) is 0.333. The highest BCUT2D eigenvalue weighted by Crippen LogP contribution is 2.29. The molecule has 0 bridgehead atoms. The summed E-state index contributed by atoms with van der Waals surface area (Å²) >= 11 is 4.75. The summed E-state index contributed by atoms with van der Waals surface area (Å²) in [6.45, 7) is 0.627. The highest BCUT2D eigenvalue weighted by Gasteiger charge is 2.06. The van der Waals surface area contributed by atoms with E-state index in [-0.39, 0.29) is 0 Å². The number of hydrogen-bond donors (Lipinski definition) is 1. The van der Waals surface area contributed by atoms with Crippen molar-refractivity contribution in [1.29, 1.82) is 0 Å². The van der Waals surface area contributed by atoms with Crippen molar-refractivity contribution in [2.24, 2.45) is 0 Å². The van der Waals surface area contributed by atoms with Gasteiger partial charge in [-0.05, 0) is 28.1 Å². The molecule has 0 saturated carbocycles. The molecular weight excluding hydrogens is 330 g/mol. The number of methoxy groups -OCH3 is 2. The molecule has 0 aliphatic carbocycles. The van der Waals surface area contributed by atoms with Crippen molar-refractivity contribution < 1.29 is 9.47 Å². The van der Waals surface area contributed by atoms with Crippen LogP contribution in [0.3, 0.4) is 0 Å². The molecule has 2 rings (SSSR count). The van der Waals surface area contributed by atoms with Crippen LogP contribution in [-0.4, -0.2) is 30.2 Å². The molecule has 7 heteroatoms. The summed E-state index contributed by atoms with van der Waals surface area (Å²) in [5, 5.41) is 3.97. The summed E-state index contributed by atoms with van der Waals surface area (Å²) in [6, 6.07) is 5.77. The first-order chi connectivity index (χ1) is 9.22. The molecule has 1 aromatic heterocycles. The Morgan fingerprint density at radius 3 is 2.95 bits per heavy atom. The van der Waals surface area contributed by atoms with Crippen LogP contribution in [0.15, 0.2) is 22.7 Å². The van der Waals surface area contributed by atoms with Crippen LogP contribution in [0.4, 0.5) is 10.8 Å². The number of anilines is 2. The van der Waals surface area contributed by atoms with Gasteiger partial charge in [0.25, 0.3) is 0 Å². The Morgan fingerprint density at radius 2 is 2.21 bits per heavy atom. The first-order valence-electron chi connectivity index (χ1n) is 5.65. The molecule has 19 heavy (non-hydrogen) atoms. The second-order valence-electron chi connectivity index (χ2n) is 3.73. The monoisotopic (exact) mass is 343 g/mol. The molecular formula is C12H14BrN3O2S. The van der Waals surface area contributed by atoms with E-state index in [4.69, 9.17) is 9.47 Å². The number of halogens is 1. The van der Waals surface area contributed by atoms with Gasteiger partial charge >= 0.3 is 0 Å². The number of benzene rings is 1. The van der Waals surface area contributed by atoms with Crippen LogP contribution in [0.1, 0.15) is 5.82 Å². The largest absolute Gasteiger partial charge is 0.495 e. The molecule has 1 aromatic carbocycles. The van der Waals surface area contributed by atoms with Crippen molar-refractivity contribution in [2.45, 2.75) is 6.42 Å². The molecule has 0 atom stereocenters. The van der Waals surface area contributed by atoms with Gasteiger partial charge in [0.1, 0.15) is 11.6 Å². The zero-order chi connectivity index (χ0) is 13.7. The summed E-state index contributed by atoms with van der Waals surface area (Å²) in [5.74, 6) is 1.56. The van der Waals surface area contributed by atoms with Gasteiger partial charge in [-0.2, -0.15) is 4.37 Å².